The lowest BCUT2D eigenvalue weighted by Gasteiger charge is -2.29. The summed E-state index contributed by atoms with van der Waals surface area (Å²) in [4.78, 5) is 15.5. The number of aromatic nitrogens is 1. The summed E-state index contributed by atoms with van der Waals surface area (Å²) < 4.78 is 46.8. The lowest BCUT2D eigenvalue weighted by molar-refractivity contribution is -0.274. The predicted octanol–water partition coefficient (Wildman–Crippen LogP) is 5.44. The minimum absolute atomic E-state index is 0.0570. The fourth-order valence-corrected chi connectivity index (χ4v) is 3.85. The zero-order valence-electron chi connectivity index (χ0n) is 16.9. The Hall–Kier alpha value is -2.28. The summed E-state index contributed by atoms with van der Waals surface area (Å²) in [5.74, 6) is 0.106. The number of benzene rings is 1. The van der Waals surface area contributed by atoms with Crippen molar-refractivity contribution in [2.24, 2.45) is 0 Å². The van der Waals surface area contributed by atoms with Crippen LogP contribution in [0.25, 0.3) is 0 Å². The van der Waals surface area contributed by atoms with Crippen molar-refractivity contribution in [1.82, 2.24) is 4.98 Å². The molecular weight excluding hydrogens is 383 g/mol. The van der Waals surface area contributed by atoms with Gasteiger partial charge < -0.3 is 14.5 Å². The second-order valence-corrected chi connectivity index (χ2v) is 7.71. The molecule has 3 rings (SSSR count). The van der Waals surface area contributed by atoms with Gasteiger partial charge in [-0.1, -0.05) is 12.1 Å². The quantitative estimate of drug-likeness (QED) is 0.715. The van der Waals surface area contributed by atoms with E-state index >= 15 is 0 Å². The summed E-state index contributed by atoms with van der Waals surface area (Å²) >= 11 is 0. The number of hydrogen-bond donors (Lipinski definition) is 1. The van der Waals surface area contributed by atoms with Gasteiger partial charge in [-0.15, -0.1) is 13.2 Å². The van der Waals surface area contributed by atoms with Crippen molar-refractivity contribution < 1.29 is 22.6 Å². The van der Waals surface area contributed by atoms with Gasteiger partial charge in [0.1, 0.15) is 5.75 Å². The third-order valence-electron chi connectivity index (χ3n) is 5.76. The molecule has 2 aromatic rings. The first kappa shape index (κ1) is 21.4. The van der Waals surface area contributed by atoms with Crippen LogP contribution in [0.2, 0.25) is 0 Å². The van der Waals surface area contributed by atoms with Gasteiger partial charge in [0, 0.05) is 22.5 Å². The van der Waals surface area contributed by atoms with Gasteiger partial charge >= 0.3 is 6.36 Å². The van der Waals surface area contributed by atoms with Crippen LogP contribution in [-0.4, -0.2) is 17.5 Å². The van der Waals surface area contributed by atoms with Gasteiger partial charge in [0.05, 0.1) is 12.7 Å². The Morgan fingerprint density at radius 3 is 2.21 bits per heavy atom. The number of pyridine rings is 1. The molecule has 1 saturated carbocycles. The highest BCUT2D eigenvalue weighted by Crippen LogP contribution is 2.35. The molecule has 0 unspecified atom stereocenters. The van der Waals surface area contributed by atoms with Crippen LogP contribution < -0.4 is 10.2 Å². The van der Waals surface area contributed by atoms with Gasteiger partial charge in [-0.05, 0) is 70.1 Å². The lowest BCUT2D eigenvalue weighted by Crippen LogP contribution is -2.23. The first-order valence-electron chi connectivity index (χ1n) is 9.80. The van der Waals surface area contributed by atoms with Gasteiger partial charge in [-0.25, -0.2) is 0 Å². The summed E-state index contributed by atoms with van der Waals surface area (Å²) in [5, 5.41) is 0. The van der Waals surface area contributed by atoms with Gasteiger partial charge in [-0.3, -0.25) is 4.79 Å². The molecule has 0 aliphatic heterocycles. The van der Waals surface area contributed by atoms with E-state index in [2.05, 4.69) is 9.72 Å². The number of alkyl halides is 3. The average Bonchev–Trinajstić information content (AvgIpc) is 2.68. The van der Waals surface area contributed by atoms with Crippen molar-refractivity contribution in [3.8, 4) is 5.75 Å². The van der Waals surface area contributed by atoms with E-state index in [-0.39, 0.29) is 17.3 Å². The number of ether oxygens (including phenoxy) is 2. The van der Waals surface area contributed by atoms with E-state index in [1.54, 1.807) is 12.1 Å². The van der Waals surface area contributed by atoms with Crippen molar-refractivity contribution >= 4 is 0 Å². The molecule has 0 radical (unpaired) electrons. The number of rotatable bonds is 5. The van der Waals surface area contributed by atoms with Crippen LogP contribution in [0.5, 0.6) is 5.75 Å². The maximum atomic E-state index is 12.3. The fraction of sp³-hybridized carbons (Fsp3) is 0.500. The third kappa shape index (κ3) is 5.41. The second kappa shape index (κ2) is 8.61. The normalized spacial score (nSPS) is 19.9. The zero-order chi connectivity index (χ0) is 21.2. The standard InChI is InChI=1S/C22H26F3NO3/c1-13-15(3)26-20(14(2)21(13)27)12-28-18-8-4-16(5-9-18)17-6-10-19(11-7-17)29-22(23,24)25/h6-7,10-11,16,18H,4-5,8-9,12H2,1-3H3,(H,26,27). The largest absolute Gasteiger partial charge is 0.573 e. The Bertz CT molecular complexity index is 895. The Morgan fingerprint density at radius 2 is 1.62 bits per heavy atom. The molecule has 0 amide bonds. The van der Waals surface area contributed by atoms with E-state index in [1.807, 2.05) is 20.8 Å². The van der Waals surface area contributed by atoms with E-state index in [1.165, 1.54) is 12.1 Å². The zero-order valence-corrected chi connectivity index (χ0v) is 16.9. The monoisotopic (exact) mass is 409 g/mol. The number of halogens is 3. The van der Waals surface area contributed by atoms with Crippen LogP contribution in [0.3, 0.4) is 0 Å². The van der Waals surface area contributed by atoms with Crippen molar-refractivity contribution in [2.75, 3.05) is 0 Å². The molecule has 0 bridgehead atoms. The molecule has 0 saturated heterocycles. The van der Waals surface area contributed by atoms with Crippen LogP contribution in [0.1, 0.15) is 59.7 Å². The molecule has 1 aromatic carbocycles. The number of aryl methyl sites for hydroxylation is 1. The first-order valence-corrected chi connectivity index (χ1v) is 9.80. The molecule has 0 spiro atoms. The van der Waals surface area contributed by atoms with Crippen LogP contribution in [0, 0.1) is 20.8 Å². The SMILES string of the molecule is Cc1[nH]c(COC2CCC(c3ccc(OC(F)(F)F)cc3)CC2)c(C)c(=O)c1C. The van der Waals surface area contributed by atoms with Crippen LogP contribution in [0.15, 0.2) is 29.1 Å². The van der Waals surface area contributed by atoms with Crippen molar-refractivity contribution in [3.63, 3.8) is 0 Å². The van der Waals surface area contributed by atoms with E-state index < -0.39 is 6.36 Å². The molecule has 1 N–H and O–H groups in total. The number of aromatic amines is 1. The summed E-state index contributed by atoms with van der Waals surface area (Å²) in [6.07, 6.45) is -0.989. The summed E-state index contributed by atoms with van der Waals surface area (Å²) in [7, 11) is 0. The topological polar surface area (TPSA) is 51.3 Å². The third-order valence-corrected chi connectivity index (χ3v) is 5.76. The maximum absolute atomic E-state index is 12.3. The molecule has 1 heterocycles. The highest BCUT2D eigenvalue weighted by molar-refractivity contribution is 5.30. The van der Waals surface area contributed by atoms with E-state index in [0.29, 0.717) is 18.1 Å². The Kier molecular flexibility index (Phi) is 6.36. The number of hydrogen-bond acceptors (Lipinski definition) is 3. The molecule has 0 atom stereocenters. The highest BCUT2D eigenvalue weighted by atomic mass is 19.4. The van der Waals surface area contributed by atoms with Gasteiger partial charge in [-0.2, -0.15) is 0 Å². The minimum Gasteiger partial charge on any atom is -0.406 e. The molecule has 1 aliphatic carbocycles. The molecular formula is C22H26F3NO3. The summed E-state index contributed by atoms with van der Waals surface area (Å²) in [6.45, 7) is 5.89. The van der Waals surface area contributed by atoms with E-state index in [0.717, 1.165) is 48.2 Å². The lowest BCUT2D eigenvalue weighted by atomic mass is 9.83. The smallest absolute Gasteiger partial charge is 0.406 e. The highest BCUT2D eigenvalue weighted by Gasteiger charge is 2.31. The average molecular weight is 409 g/mol. The summed E-state index contributed by atoms with van der Waals surface area (Å²) in [6, 6.07) is 6.14. The molecule has 158 valence electrons. The van der Waals surface area contributed by atoms with Gasteiger partial charge in [0.2, 0.25) is 0 Å². The first-order chi connectivity index (χ1) is 13.6. The van der Waals surface area contributed by atoms with E-state index in [9.17, 15) is 18.0 Å². The molecule has 4 nitrogen and oxygen atoms in total. The van der Waals surface area contributed by atoms with E-state index in [4.69, 9.17) is 4.74 Å². The van der Waals surface area contributed by atoms with Crippen LogP contribution in [-0.2, 0) is 11.3 Å². The minimum atomic E-state index is -4.67. The number of nitrogens with one attached hydrogen (secondary N) is 1. The predicted molar refractivity (Wildman–Crippen MR) is 104 cm³/mol. The van der Waals surface area contributed by atoms with Crippen molar-refractivity contribution in [3.05, 3.63) is 62.6 Å². The molecule has 1 aliphatic rings. The van der Waals surface area contributed by atoms with Crippen molar-refractivity contribution in [2.45, 2.75) is 71.4 Å². The van der Waals surface area contributed by atoms with Crippen molar-refractivity contribution in [1.29, 1.82) is 0 Å². The Balaban J connectivity index is 1.53. The fourth-order valence-electron chi connectivity index (χ4n) is 3.85. The summed E-state index contributed by atoms with van der Waals surface area (Å²) in [5.41, 5.74) is 4.19. The van der Waals surface area contributed by atoms with Gasteiger partial charge in [0.15, 0.2) is 5.43 Å². The van der Waals surface area contributed by atoms with Crippen LogP contribution >= 0.6 is 0 Å². The Morgan fingerprint density at radius 1 is 1.00 bits per heavy atom. The molecule has 29 heavy (non-hydrogen) atoms. The second-order valence-electron chi connectivity index (χ2n) is 7.71. The number of H-pyrrole nitrogens is 1. The molecule has 1 fully saturated rings. The molecule has 7 heteroatoms. The maximum Gasteiger partial charge on any atom is 0.573 e. The Labute approximate surface area is 168 Å². The van der Waals surface area contributed by atoms with Crippen LogP contribution in [0.4, 0.5) is 13.2 Å². The van der Waals surface area contributed by atoms with Gasteiger partial charge in [0.25, 0.3) is 0 Å². The molecule has 1 aromatic heterocycles.